The third kappa shape index (κ3) is 5.02. The first-order chi connectivity index (χ1) is 12.4. The van der Waals surface area contributed by atoms with Gasteiger partial charge in [0, 0.05) is 45.7 Å². The van der Waals surface area contributed by atoms with Crippen LogP contribution in [0.2, 0.25) is 0 Å². The Morgan fingerprint density at radius 3 is 2.81 bits per heavy atom. The van der Waals surface area contributed by atoms with Crippen molar-refractivity contribution in [1.29, 1.82) is 0 Å². The number of likely N-dealkylation sites (tertiary alicyclic amines) is 1. The van der Waals surface area contributed by atoms with Gasteiger partial charge >= 0.3 is 0 Å². The van der Waals surface area contributed by atoms with Gasteiger partial charge in [-0.1, -0.05) is 19.1 Å². The Morgan fingerprint density at radius 1 is 1.42 bits per heavy atom. The van der Waals surface area contributed by atoms with Crippen LogP contribution in [-0.2, 0) is 9.53 Å². The smallest absolute Gasteiger partial charge is 0.254 e. The summed E-state index contributed by atoms with van der Waals surface area (Å²) < 4.78 is 18.6. The summed E-state index contributed by atoms with van der Waals surface area (Å²) in [5.74, 6) is -1.25. The van der Waals surface area contributed by atoms with Crippen LogP contribution in [0.25, 0.3) is 0 Å². The molecule has 2 atom stereocenters. The number of rotatable bonds is 7. The van der Waals surface area contributed by atoms with Crippen LogP contribution in [0.3, 0.4) is 0 Å². The number of halogens is 1. The van der Waals surface area contributed by atoms with E-state index in [1.165, 1.54) is 18.2 Å². The number of nitrogens with one attached hydrogen (secondary N) is 1. The van der Waals surface area contributed by atoms with E-state index in [0.29, 0.717) is 32.5 Å². The zero-order valence-corrected chi connectivity index (χ0v) is 15.3. The molecule has 0 aromatic heterocycles. The molecule has 1 heterocycles. The normalized spacial score (nSPS) is 22.9. The van der Waals surface area contributed by atoms with Crippen LogP contribution in [0.1, 0.15) is 36.5 Å². The third-order valence-electron chi connectivity index (χ3n) is 5.06. The van der Waals surface area contributed by atoms with Crippen LogP contribution < -0.4 is 5.32 Å². The zero-order valence-electron chi connectivity index (χ0n) is 15.3. The van der Waals surface area contributed by atoms with Crippen molar-refractivity contribution in [2.45, 2.75) is 31.8 Å². The van der Waals surface area contributed by atoms with Crippen LogP contribution in [-0.4, -0.2) is 60.8 Å². The fourth-order valence-electron chi connectivity index (χ4n) is 3.23. The van der Waals surface area contributed by atoms with Gasteiger partial charge in [0.1, 0.15) is 5.82 Å². The van der Waals surface area contributed by atoms with Gasteiger partial charge in [-0.25, -0.2) is 4.39 Å². The topological polar surface area (TPSA) is 78.9 Å². The SMILES string of the molecule is COCC[C@@]1(O)CCN(C(=O)CCNC(=O)c2ccccc2F)C[C@@H]1C. The molecule has 2 amide bonds. The highest BCUT2D eigenvalue weighted by molar-refractivity contribution is 5.94. The Bertz CT molecular complexity index is 640. The molecule has 0 bridgehead atoms. The molecule has 1 fully saturated rings. The number of methoxy groups -OCH3 is 1. The van der Waals surface area contributed by atoms with E-state index in [4.69, 9.17) is 4.74 Å². The monoisotopic (exact) mass is 366 g/mol. The summed E-state index contributed by atoms with van der Waals surface area (Å²) in [6, 6.07) is 5.73. The number of benzene rings is 1. The summed E-state index contributed by atoms with van der Waals surface area (Å²) >= 11 is 0. The van der Waals surface area contributed by atoms with Crippen molar-refractivity contribution in [2.24, 2.45) is 5.92 Å². The number of amides is 2. The highest BCUT2D eigenvalue weighted by Gasteiger charge is 2.39. The highest BCUT2D eigenvalue weighted by atomic mass is 19.1. The summed E-state index contributed by atoms with van der Waals surface area (Å²) in [5.41, 5.74) is -0.846. The summed E-state index contributed by atoms with van der Waals surface area (Å²) in [5, 5.41) is 13.2. The van der Waals surface area contributed by atoms with Crippen LogP contribution in [0, 0.1) is 11.7 Å². The lowest BCUT2D eigenvalue weighted by Gasteiger charge is -2.43. The van der Waals surface area contributed by atoms with Gasteiger partial charge in [0.25, 0.3) is 5.91 Å². The first-order valence-corrected chi connectivity index (χ1v) is 8.89. The minimum Gasteiger partial charge on any atom is -0.389 e. The highest BCUT2D eigenvalue weighted by Crippen LogP contribution is 2.31. The number of nitrogens with zero attached hydrogens (tertiary/aromatic N) is 1. The summed E-state index contributed by atoms with van der Waals surface area (Å²) in [6.45, 7) is 3.50. The average molecular weight is 366 g/mol. The van der Waals surface area contributed by atoms with E-state index in [-0.39, 0.29) is 30.4 Å². The number of aliphatic hydroxyl groups is 1. The lowest BCUT2D eigenvalue weighted by Crippen LogP contribution is -2.53. The second-order valence-corrected chi connectivity index (χ2v) is 6.82. The van der Waals surface area contributed by atoms with Crippen molar-refractivity contribution in [1.82, 2.24) is 10.2 Å². The van der Waals surface area contributed by atoms with Crippen molar-refractivity contribution < 1.29 is 23.8 Å². The third-order valence-corrected chi connectivity index (χ3v) is 5.06. The molecule has 1 saturated heterocycles. The molecule has 6 nitrogen and oxygen atoms in total. The minimum atomic E-state index is -0.814. The Kier molecular flexibility index (Phi) is 7.11. The number of hydrogen-bond acceptors (Lipinski definition) is 4. The molecular formula is C19H27FN2O4. The van der Waals surface area contributed by atoms with Crippen molar-refractivity contribution >= 4 is 11.8 Å². The lowest BCUT2D eigenvalue weighted by atomic mass is 9.80. The van der Waals surface area contributed by atoms with Gasteiger partial charge in [-0.2, -0.15) is 0 Å². The standard InChI is InChI=1S/C19H27FN2O4/c1-14-13-22(11-8-19(14,25)9-12-26-2)17(23)7-10-21-18(24)15-5-3-4-6-16(15)20/h3-6,14,25H,7-13H2,1-2H3,(H,21,24)/t14-,19-/m0/s1. The predicted octanol–water partition coefficient (Wildman–Crippen LogP) is 1.58. The molecule has 7 heteroatoms. The molecule has 1 aromatic carbocycles. The maximum Gasteiger partial charge on any atom is 0.254 e. The second kappa shape index (κ2) is 9.09. The Labute approximate surface area is 153 Å². The zero-order chi connectivity index (χ0) is 19.2. The molecule has 144 valence electrons. The molecule has 1 aliphatic rings. The number of piperidine rings is 1. The van der Waals surface area contributed by atoms with E-state index in [2.05, 4.69) is 5.32 Å². The molecule has 0 unspecified atom stereocenters. The van der Waals surface area contributed by atoms with Gasteiger partial charge in [-0.15, -0.1) is 0 Å². The Hall–Kier alpha value is -1.99. The number of ether oxygens (including phenoxy) is 1. The lowest BCUT2D eigenvalue weighted by molar-refractivity contribution is -0.140. The van der Waals surface area contributed by atoms with Gasteiger partial charge in [-0.05, 0) is 25.0 Å². The molecular weight excluding hydrogens is 339 g/mol. The van der Waals surface area contributed by atoms with E-state index in [1.807, 2.05) is 6.92 Å². The van der Waals surface area contributed by atoms with Crippen LogP contribution in [0.15, 0.2) is 24.3 Å². The summed E-state index contributed by atoms with van der Waals surface area (Å²) in [7, 11) is 1.60. The molecule has 0 saturated carbocycles. The molecule has 0 radical (unpaired) electrons. The van der Waals surface area contributed by atoms with E-state index in [9.17, 15) is 19.1 Å². The number of carbonyl (C=O) groups excluding carboxylic acids is 2. The molecule has 2 rings (SSSR count). The first-order valence-electron chi connectivity index (χ1n) is 8.89. The Morgan fingerprint density at radius 2 is 2.15 bits per heavy atom. The van der Waals surface area contributed by atoms with Gasteiger partial charge in [-0.3, -0.25) is 9.59 Å². The van der Waals surface area contributed by atoms with E-state index in [1.54, 1.807) is 18.1 Å². The average Bonchev–Trinajstić information content (AvgIpc) is 2.62. The predicted molar refractivity (Wildman–Crippen MR) is 95.2 cm³/mol. The van der Waals surface area contributed by atoms with Crippen molar-refractivity contribution in [3.05, 3.63) is 35.6 Å². The maximum atomic E-state index is 13.6. The quantitative estimate of drug-likeness (QED) is 0.768. The summed E-state index contributed by atoms with van der Waals surface area (Å²) in [4.78, 5) is 26.0. The molecule has 26 heavy (non-hydrogen) atoms. The van der Waals surface area contributed by atoms with Gasteiger partial charge < -0.3 is 20.1 Å². The minimum absolute atomic E-state index is 0.0326. The molecule has 2 N–H and O–H groups in total. The van der Waals surface area contributed by atoms with Crippen molar-refractivity contribution in [3.63, 3.8) is 0 Å². The van der Waals surface area contributed by atoms with Crippen LogP contribution in [0.5, 0.6) is 0 Å². The van der Waals surface area contributed by atoms with Gasteiger partial charge in [0.15, 0.2) is 0 Å². The van der Waals surface area contributed by atoms with E-state index in [0.717, 1.165) is 0 Å². The molecule has 1 aromatic rings. The summed E-state index contributed by atoms with van der Waals surface area (Å²) in [6.07, 6.45) is 1.19. The Balaban J connectivity index is 1.79. The van der Waals surface area contributed by atoms with Gasteiger partial charge in [0.05, 0.1) is 11.2 Å². The van der Waals surface area contributed by atoms with E-state index >= 15 is 0 Å². The van der Waals surface area contributed by atoms with Crippen molar-refractivity contribution in [3.8, 4) is 0 Å². The maximum absolute atomic E-state index is 13.6. The van der Waals surface area contributed by atoms with Crippen LogP contribution >= 0.6 is 0 Å². The number of hydrogen-bond donors (Lipinski definition) is 2. The van der Waals surface area contributed by atoms with Crippen LogP contribution in [0.4, 0.5) is 4.39 Å². The largest absolute Gasteiger partial charge is 0.389 e. The fraction of sp³-hybridized carbons (Fsp3) is 0.579. The first kappa shape index (κ1) is 20.3. The second-order valence-electron chi connectivity index (χ2n) is 6.82. The molecule has 1 aliphatic heterocycles. The van der Waals surface area contributed by atoms with Gasteiger partial charge in [0.2, 0.25) is 5.91 Å². The van der Waals surface area contributed by atoms with Crippen molar-refractivity contribution in [2.75, 3.05) is 33.4 Å². The number of carbonyl (C=O) groups is 2. The molecule has 0 aliphatic carbocycles. The van der Waals surface area contributed by atoms with E-state index < -0.39 is 17.3 Å². The molecule has 0 spiro atoms. The fourth-order valence-corrected chi connectivity index (χ4v) is 3.23.